The Hall–Kier alpha value is -1.56. The summed E-state index contributed by atoms with van der Waals surface area (Å²) in [5, 5.41) is 18.6. The number of aliphatic hydroxyl groups excluding tert-OH is 1. The number of aliphatic hydroxyl groups is 1. The standard InChI is InChI=1S/C12H19N3O3/c16-8-9-3-1-2-4-11(9)14-12(17)13-7-10-5-6-18-15-10/h5-6,9,11,16H,1-4,7-8H2,(H2,13,14,17). The molecule has 0 bridgehead atoms. The second kappa shape index (κ2) is 6.39. The zero-order valence-electron chi connectivity index (χ0n) is 10.3. The van der Waals surface area contributed by atoms with Gasteiger partial charge in [0.25, 0.3) is 0 Å². The van der Waals surface area contributed by atoms with Crippen molar-refractivity contribution in [3.05, 3.63) is 18.0 Å². The maximum atomic E-state index is 11.7. The lowest BCUT2D eigenvalue weighted by Crippen LogP contribution is -2.47. The lowest BCUT2D eigenvalue weighted by atomic mass is 9.85. The van der Waals surface area contributed by atoms with E-state index in [1.165, 1.54) is 6.26 Å². The third-order valence-electron chi connectivity index (χ3n) is 3.38. The normalized spacial score (nSPS) is 23.6. The third kappa shape index (κ3) is 3.46. The van der Waals surface area contributed by atoms with Crippen molar-refractivity contribution in [2.75, 3.05) is 6.61 Å². The molecule has 6 heteroatoms. The van der Waals surface area contributed by atoms with E-state index in [9.17, 15) is 9.90 Å². The molecule has 100 valence electrons. The van der Waals surface area contributed by atoms with Gasteiger partial charge < -0.3 is 20.3 Å². The van der Waals surface area contributed by atoms with Crippen LogP contribution in [-0.4, -0.2) is 28.9 Å². The molecule has 1 aromatic heterocycles. The highest BCUT2D eigenvalue weighted by Gasteiger charge is 2.25. The van der Waals surface area contributed by atoms with Crippen LogP contribution < -0.4 is 10.6 Å². The summed E-state index contributed by atoms with van der Waals surface area (Å²) >= 11 is 0. The minimum atomic E-state index is -0.219. The highest BCUT2D eigenvalue weighted by molar-refractivity contribution is 5.74. The van der Waals surface area contributed by atoms with Gasteiger partial charge in [0.05, 0.1) is 6.54 Å². The van der Waals surface area contributed by atoms with Gasteiger partial charge in [0.15, 0.2) is 0 Å². The van der Waals surface area contributed by atoms with Gasteiger partial charge in [0, 0.05) is 24.6 Å². The van der Waals surface area contributed by atoms with Crippen molar-refractivity contribution in [1.29, 1.82) is 0 Å². The number of hydrogen-bond acceptors (Lipinski definition) is 4. The number of hydrogen-bond donors (Lipinski definition) is 3. The van der Waals surface area contributed by atoms with Crippen LogP contribution in [0.5, 0.6) is 0 Å². The van der Waals surface area contributed by atoms with Gasteiger partial charge in [-0.25, -0.2) is 4.79 Å². The van der Waals surface area contributed by atoms with Crippen molar-refractivity contribution in [3.8, 4) is 0 Å². The molecule has 2 unspecified atom stereocenters. The number of amides is 2. The lowest BCUT2D eigenvalue weighted by molar-refractivity contribution is 0.153. The summed E-state index contributed by atoms with van der Waals surface area (Å²) in [6.07, 6.45) is 5.61. The Balaban J connectivity index is 1.75. The summed E-state index contributed by atoms with van der Waals surface area (Å²) in [4.78, 5) is 11.7. The quantitative estimate of drug-likeness (QED) is 0.747. The predicted octanol–water partition coefficient (Wildman–Crippen LogP) is 1.02. The molecule has 2 rings (SSSR count). The van der Waals surface area contributed by atoms with E-state index in [1.807, 2.05) is 0 Å². The molecule has 1 saturated carbocycles. The van der Waals surface area contributed by atoms with Gasteiger partial charge in [-0.1, -0.05) is 18.0 Å². The van der Waals surface area contributed by atoms with Gasteiger partial charge >= 0.3 is 6.03 Å². The van der Waals surface area contributed by atoms with Gasteiger partial charge in [-0.2, -0.15) is 0 Å². The summed E-state index contributed by atoms with van der Waals surface area (Å²) in [6.45, 7) is 0.479. The molecular formula is C12H19N3O3. The van der Waals surface area contributed by atoms with Crippen molar-refractivity contribution >= 4 is 6.03 Å². The number of carbonyl (C=O) groups excluding carboxylic acids is 1. The average Bonchev–Trinajstić information content (AvgIpc) is 2.90. The minimum absolute atomic E-state index is 0.0704. The number of rotatable bonds is 4. The van der Waals surface area contributed by atoms with E-state index < -0.39 is 0 Å². The van der Waals surface area contributed by atoms with Crippen molar-refractivity contribution in [1.82, 2.24) is 15.8 Å². The SMILES string of the molecule is O=C(NCc1ccon1)NC1CCCCC1CO. The lowest BCUT2D eigenvalue weighted by Gasteiger charge is -2.30. The number of carbonyl (C=O) groups is 1. The van der Waals surface area contributed by atoms with Crippen LogP contribution in [0.4, 0.5) is 4.79 Å². The summed E-state index contributed by atoms with van der Waals surface area (Å²) in [5.41, 5.74) is 0.688. The number of urea groups is 1. The Kier molecular flexibility index (Phi) is 4.58. The second-order valence-corrected chi connectivity index (χ2v) is 4.65. The minimum Gasteiger partial charge on any atom is -0.396 e. The zero-order chi connectivity index (χ0) is 12.8. The van der Waals surface area contributed by atoms with E-state index in [1.54, 1.807) is 6.07 Å². The van der Waals surface area contributed by atoms with E-state index in [4.69, 9.17) is 0 Å². The van der Waals surface area contributed by atoms with E-state index in [0.717, 1.165) is 25.7 Å². The van der Waals surface area contributed by atoms with E-state index >= 15 is 0 Å². The van der Waals surface area contributed by atoms with Crippen molar-refractivity contribution in [3.63, 3.8) is 0 Å². The molecule has 1 aliphatic rings. The molecule has 0 spiro atoms. The number of nitrogens with one attached hydrogen (secondary N) is 2. The first kappa shape index (κ1) is 12.9. The van der Waals surface area contributed by atoms with Crippen LogP contribution in [0.15, 0.2) is 16.9 Å². The summed E-state index contributed by atoms with van der Waals surface area (Å²) in [7, 11) is 0. The first-order valence-electron chi connectivity index (χ1n) is 6.34. The smallest absolute Gasteiger partial charge is 0.315 e. The van der Waals surface area contributed by atoms with Crippen LogP contribution in [0.2, 0.25) is 0 Å². The van der Waals surface area contributed by atoms with Crippen LogP contribution in [0.25, 0.3) is 0 Å². The van der Waals surface area contributed by atoms with Crippen LogP contribution in [0.3, 0.4) is 0 Å². The summed E-state index contributed by atoms with van der Waals surface area (Å²) < 4.78 is 4.68. The van der Waals surface area contributed by atoms with Crippen LogP contribution in [0.1, 0.15) is 31.4 Å². The zero-order valence-corrected chi connectivity index (χ0v) is 10.3. The van der Waals surface area contributed by atoms with Gasteiger partial charge in [0.1, 0.15) is 12.0 Å². The van der Waals surface area contributed by atoms with Crippen molar-refractivity contribution in [2.24, 2.45) is 5.92 Å². The fourth-order valence-corrected chi connectivity index (χ4v) is 2.34. The molecule has 0 saturated heterocycles. The molecule has 2 amide bonds. The largest absolute Gasteiger partial charge is 0.396 e. The highest BCUT2D eigenvalue weighted by atomic mass is 16.5. The third-order valence-corrected chi connectivity index (χ3v) is 3.38. The first-order valence-corrected chi connectivity index (χ1v) is 6.34. The highest BCUT2D eigenvalue weighted by Crippen LogP contribution is 2.23. The van der Waals surface area contributed by atoms with Crippen molar-refractivity contribution < 1.29 is 14.4 Å². The average molecular weight is 253 g/mol. The summed E-state index contributed by atoms with van der Waals surface area (Å²) in [6, 6.07) is 1.56. The molecule has 1 heterocycles. The van der Waals surface area contributed by atoms with Crippen molar-refractivity contribution in [2.45, 2.75) is 38.3 Å². The topological polar surface area (TPSA) is 87.4 Å². The Morgan fingerprint density at radius 3 is 3.06 bits per heavy atom. The maximum absolute atomic E-state index is 11.7. The Labute approximate surface area is 106 Å². The molecule has 0 radical (unpaired) electrons. The molecular weight excluding hydrogens is 234 g/mol. The Morgan fingerprint density at radius 1 is 1.50 bits per heavy atom. The molecule has 18 heavy (non-hydrogen) atoms. The fourth-order valence-electron chi connectivity index (χ4n) is 2.34. The number of nitrogens with zero attached hydrogens (tertiary/aromatic N) is 1. The van der Waals surface area contributed by atoms with Crippen LogP contribution in [-0.2, 0) is 6.54 Å². The molecule has 0 aromatic carbocycles. The fraction of sp³-hybridized carbons (Fsp3) is 0.667. The van der Waals surface area contributed by atoms with Gasteiger partial charge in [0.2, 0.25) is 0 Å². The van der Waals surface area contributed by atoms with E-state index in [-0.39, 0.29) is 24.6 Å². The molecule has 1 fully saturated rings. The molecule has 1 aromatic rings. The van der Waals surface area contributed by atoms with Gasteiger partial charge in [-0.15, -0.1) is 0 Å². The van der Waals surface area contributed by atoms with Crippen LogP contribution >= 0.6 is 0 Å². The Bertz CT molecular complexity index is 367. The Morgan fingerprint density at radius 2 is 2.33 bits per heavy atom. The molecule has 6 nitrogen and oxygen atoms in total. The molecule has 1 aliphatic carbocycles. The van der Waals surface area contributed by atoms with Crippen LogP contribution in [0, 0.1) is 5.92 Å². The molecule has 3 N–H and O–H groups in total. The summed E-state index contributed by atoms with van der Waals surface area (Å²) in [5.74, 6) is 0.177. The predicted molar refractivity (Wildman–Crippen MR) is 64.7 cm³/mol. The first-order chi connectivity index (χ1) is 8.79. The number of aromatic nitrogens is 1. The van der Waals surface area contributed by atoms with E-state index in [2.05, 4.69) is 20.3 Å². The molecule has 2 atom stereocenters. The van der Waals surface area contributed by atoms with Gasteiger partial charge in [-0.05, 0) is 12.8 Å². The monoisotopic (exact) mass is 253 g/mol. The maximum Gasteiger partial charge on any atom is 0.315 e. The van der Waals surface area contributed by atoms with E-state index in [0.29, 0.717) is 12.2 Å². The van der Waals surface area contributed by atoms with Gasteiger partial charge in [-0.3, -0.25) is 0 Å². The second-order valence-electron chi connectivity index (χ2n) is 4.65. The molecule has 0 aliphatic heterocycles.